The molecule has 1 N–H and O–H groups in total. The fourth-order valence-corrected chi connectivity index (χ4v) is 3.77. The predicted molar refractivity (Wildman–Crippen MR) is 117 cm³/mol. The lowest BCUT2D eigenvalue weighted by Gasteiger charge is -2.22. The monoisotopic (exact) mass is 395 g/mol. The van der Waals surface area contributed by atoms with E-state index in [2.05, 4.69) is 46.3 Å². The highest BCUT2D eigenvalue weighted by Gasteiger charge is 2.17. The molecule has 0 aromatic heterocycles. The maximum Gasteiger partial charge on any atom is 0.234 e. The molecule has 0 atom stereocenters. The van der Waals surface area contributed by atoms with Crippen LogP contribution in [0.5, 0.6) is 5.75 Å². The van der Waals surface area contributed by atoms with E-state index in [0.717, 1.165) is 51.3 Å². The Morgan fingerprint density at radius 3 is 2.48 bits per heavy atom. The van der Waals surface area contributed by atoms with Crippen LogP contribution in [-0.4, -0.2) is 62.1 Å². The summed E-state index contributed by atoms with van der Waals surface area (Å²) in [4.78, 5) is 17.1. The Hall–Kier alpha value is -2.37. The van der Waals surface area contributed by atoms with Crippen LogP contribution >= 0.6 is 0 Å². The van der Waals surface area contributed by atoms with Gasteiger partial charge in [-0.15, -0.1) is 0 Å². The van der Waals surface area contributed by atoms with Gasteiger partial charge in [-0.25, -0.2) is 0 Å². The standard InChI is InChI=1S/C24H33N3O2/c1-20-6-3-4-7-22(20)18-26-14-5-15-27(17-16-26)19-24(28)25-13-12-21-8-10-23(29-2)11-9-21/h3-4,6-11H,5,12-19H2,1-2H3,(H,25,28). The summed E-state index contributed by atoms with van der Waals surface area (Å²) in [6, 6.07) is 16.6. The smallest absolute Gasteiger partial charge is 0.234 e. The second-order valence-corrected chi connectivity index (χ2v) is 7.78. The van der Waals surface area contributed by atoms with Gasteiger partial charge in [-0.05, 0) is 61.7 Å². The SMILES string of the molecule is COc1ccc(CCNC(=O)CN2CCCN(Cc3ccccc3C)CC2)cc1. The Morgan fingerprint density at radius 1 is 1.00 bits per heavy atom. The van der Waals surface area contributed by atoms with Gasteiger partial charge in [0.2, 0.25) is 5.91 Å². The molecule has 0 aliphatic carbocycles. The maximum atomic E-state index is 12.3. The molecule has 2 aromatic carbocycles. The van der Waals surface area contributed by atoms with Gasteiger partial charge in [0.1, 0.15) is 5.75 Å². The van der Waals surface area contributed by atoms with Gasteiger partial charge in [0.15, 0.2) is 0 Å². The molecule has 0 radical (unpaired) electrons. The van der Waals surface area contributed by atoms with Gasteiger partial charge in [0, 0.05) is 26.2 Å². The summed E-state index contributed by atoms with van der Waals surface area (Å²) in [6.45, 7) is 8.34. The summed E-state index contributed by atoms with van der Waals surface area (Å²) in [5, 5.41) is 3.06. The number of carbonyl (C=O) groups is 1. The number of hydrogen-bond donors (Lipinski definition) is 1. The molecule has 0 bridgehead atoms. The third-order valence-corrected chi connectivity index (χ3v) is 5.60. The largest absolute Gasteiger partial charge is 0.497 e. The molecule has 156 valence electrons. The number of aryl methyl sites for hydroxylation is 1. The number of carbonyl (C=O) groups excluding carboxylic acids is 1. The van der Waals surface area contributed by atoms with E-state index in [1.54, 1.807) is 7.11 Å². The van der Waals surface area contributed by atoms with Crippen LogP contribution in [0.25, 0.3) is 0 Å². The molecule has 5 nitrogen and oxygen atoms in total. The second-order valence-electron chi connectivity index (χ2n) is 7.78. The van der Waals surface area contributed by atoms with Crippen molar-refractivity contribution in [3.8, 4) is 5.75 Å². The molecule has 0 spiro atoms. The molecule has 2 aromatic rings. The van der Waals surface area contributed by atoms with E-state index in [9.17, 15) is 4.79 Å². The molecule has 1 heterocycles. The third-order valence-electron chi connectivity index (χ3n) is 5.60. The van der Waals surface area contributed by atoms with Gasteiger partial charge in [-0.3, -0.25) is 14.6 Å². The average Bonchev–Trinajstić information content (AvgIpc) is 2.95. The first-order valence-corrected chi connectivity index (χ1v) is 10.5. The summed E-state index contributed by atoms with van der Waals surface area (Å²) in [5.74, 6) is 0.973. The minimum absolute atomic E-state index is 0.117. The molecule has 0 unspecified atom stereocenters. The molecule has 1 aliphatic heterocycles. The van der Waals surface area contributed by atoms with Crippen molar-refractivity contribution >= 4 is 5.91 Å². The predicted octanol–water partition coefficient (Wildman–Crippen LogP) is 2.87. The van der Waals surface area contributed by atoms with E-state index in [1.807, 2.05) is 24.3 Å². The minimum atomic E-state index is 0.117. The van der Waals surface area contributed by atoms with E-state index >= 15 is 0 Å². The summed E-state index contributed by atoms with van der Waals surface area (Å²) in [6.07, 6.45) is 1.94. The van der Waals surface area contributed by atoms with Crippen molar-refractivity contribution in [2.45, 2.75) is 26.3 Å². The highest BCUT2D eigenvalue weighted by molar-refractivity contribution is 5.78. The van der Waals surface area contributed by atoms with Gasteiger partial charge < -0.3 is 10.1 Å². The zero-order valence-electron chi connectivity index (χ0n) is 17.7. The van der Waals surface area contributed by atoms with Crippen molar-refractivity contribution in [2.24, 2.45) is 0 Å². The molecular weight excluding hydrogens is 362 g/mol. The second kappa shape index (κ2) is 11.0. The summed E-state index contributed by atoms with van der Waals surface area (Å²) < 4.78 is 5.17. The normalized spacial score (nSPS) is 15.7. The molecule has 1 aliphatic rings. The molecule has 1 saturated heterocycles. The first-order chi connectivity index (χ1) is 14.1. The Labute approximate surface area is 174 Å². The highest BCUT2D eigenvalue weighted by Crippen LogP contribution is 2.13. The fourth-order valence-electron chi connectivity index (χ4n) is 3.77. The van der Waals surface area contributed by atoms with Gasteiger partial charge in [0.25, 0.3) is 0 Å². The number of nitrogens with one attached hydrogen (secondary N) is 1. The van der Waals surface area contributed by atoms with Crippen molar-refractivity contribution in [2.75, 3.05) is 46.4 Å². The molecule has 29 heavy (non-hydrogen) atoms. The number of rotatable bonds is 8. The van der Waals surface area contributed by atoms with E-state index in [1.165, 1.54) is 16.7 Å². The Balaban J connectivity index is 1.37. The van der Waals surface area contributed by atoms with Gasteiger partial charge in [-0.2, -0.15) is 0 Å². The average molecular weight is 396 g/mol. The Kier molecular flexibility index (Phi) is 8.08. The molecule has 1 amide bonds. The molecule has 3 rings (SSSR count). The number of ether oxygens (including phenoxy) is 1. The van der Waals surface area contributed by atoms with Crippen LogP contribution in [-0.2, 0) is 17.8 Å². The van der Waals surface area contributed by atoms with Gasteiger partial charge in [-0.1, -0.05) is 36.4 Å². The minimum Gasteiger partial charge on any atom is -0.497 e. The molecule has 0 saturated carbocycles. The summed E-state index contributed by atoms with van der Waals surface area (Å²) in [5.41, 5.74) is 3.95. The first-order valence-electron chi connectivity index (χ1n) is 10.5. The number of amides is 1. The lowest BCUT2D eigenvalue weighted by Crippen LogP contribution is -2.39. The van der Waals surface area contributed by atoms with E-state index < -0.39 is 0 Å². The van der Waals surface area contributed by atoms with Crippen LogP contribution < -0.4 is 10.1 Å². The van der Waals surface area contributed by atoms with Crippen molar-refractivity contribution in [3.63, 3.8) is 0 Å². The Morgan fingerprint density at radius 2 is 1.72 bits per heavy atom. The van der Waals surface area contributed by atoms with Crippen molar-refractivity contribution in [3.05, 3.63) is 65.2 Å². The van der Waals surface area contributed by atoms with Crippen molar-refractivity contribution in [1.82, 2.24) is 15.1 Å². The van der Waals surface area contributed by atoms with Crippen LogP contribution in [0.3, 0.4) is 0 Å². The number of methoxy groups -OCH3 is 1. The van der Waals surface area contributed by atoms with E-state index in [0.29, 0.717) is 13.1 Å². The maximum absolute atomic E-state index is 12.3. The number of hydrogen-bond acceptors (Lipinski definition) is 4. The topological polar surface area (TPSA) is 44.8 Å². The zero-order chi connectivity index (χ0) is 20.5. The molecule has 5 heteroatoms. The van der Waals surface area contributed by atoms with Gasteiger partial charge >= 0.3 is 0 Å². The number of benzene rings is 2. The van der Waals surface area contributed by atoms with E-state index in [4.69, 9.17) is 4.74 Å². The van der Waals surface area contributed by atoms with Crippen LogP contribution in [0.15, 0.2) is 48.5 Å². The van der Waals surface area contributed by atoms with Crippen molar-refractivity contribution in [1.29, 1.82) is 0 Å². The first kappa shape index (κ1) is 21.3. The lowest BCUT2D eigenvalue weighted by molar-refractivity contribution is -0.122. The zero-order valence-corrected chi connectivity index (χ0v) is 17.7. The van der Waals surface area contributed by atoms with Gasteiger partial charge in [0.05, 0.1) is 13.7 Å². The van der Waals surface area contributed by atoms with Crippen molar-refractivity contribution < 1.29 is 9.53 Å². The van der Waals surface area contributed by atoms with Crippen LogP contribution in [0, 0.1) is 6.92 Å². The molecular formula is C24H33N3O2. The van der Waals surface area contributed by atoms with Crippen LogP contribution in [0.1, 0.15) is 23.1 Å². The summed E-state index contributed by atoms with van der Waals surface area (Å²) in [7, 11) is 1.67. The number of nitrogens with zero attached hydrogens (tertiary/aromatic N) is 2. The summed E-state index contributed by atoms with van der Waals surface area (Å²) >= 11 is 0. The quantitative estimate of drug-likeness (QED) is 0.747. The van der Waals surface area contributed by atoms with E-state index in [-0.39, 0.29) is 5.91 Å². The Bertz CT molecular complexity index is 776. The van der Waals surface area contributed by atoms with Crippen LogP contribution in [0.2, 0.25) is 0 Å². The third kappa shape index (κ3) is 6.87. The fraction of sp³-hybridized carbons (Fsp3) is 0.458. The lowest BCUT2D eigenvalue weighted by atomic mass is 10.1. The highest BCUT2D eigenvalue weighted by atomic mass is 16.5. The molecule has 1 fully saturated rings. The van der Waals surface area contributed by atoms with Crippen LogP contribution in [0.4, 0.5) is 0 Å².